The Balaban J connectivity index is 1.67. The number of rotatable bonds is 4. The van der Waals surface area contributed by atoms with Gasteiger partial charge in [0.2, 0.25) is 0 Å². The van der Waals surface area contributed by atoms with Gasteiger partial charge >= 0.3 is 0 Å². The molecule has 0 aliphatic heterocycles. The van der Waals surface area contributed by atoms with Crippen LogP contribution in [0.2, 0.25) is 0 Å². The van der Waals surface area contributed by atoms with Crippen LogP contribution in [0.25, 0.3) is 0 Å². The van der Waals surface area contributed by atoms with E-state index in [9.17, 15) is 0 Å². The van der Waals surface area contributed by atoms with Gasteiger partial charge in [0.05, 0.1) is 0 Å². The van der Waals surface area contributed by atoms with E-state index in [0.29, 0.717) is 5.41 Å². The first kappa shape index (κ1) is 15.1. The molecule has 0 aromatic carbocycles. The van der Waals surface area contributed by atoms with E-state index in [0.717, 1.165) is 12.0 Å². The highest BCUT2D eigenvalue weighted by molar-refractivity contribution is 5.07. The van der Waals surface area contributed by atoms with Crippen molar-refractivity contribution in [2.45, 2.75) is 84.6 Å². The highest BCUT2D eigenvalue weighted by Crippen LogP contribution is 2.36. The van der Waals surface area contributed by atoms with E-state index in [1.807, 2.05) is 0 Å². The van der Waals surface area contributed by atoms with E-state index in [-0.39, 0.29) is 0 Å². The van der Waals surface area contributed by atoms with E-state index in [4.69, 9.17) is 0 Å². The molecule has 2 atom stereocenters. The van der Waals surface area contributed by atoms with Gasteiger partial charge in [0.1, 0.15) is 0 Å². The second-order valence-corrected chi connectivity index (χ2v) is 7.73. The molecule has 0 amide bonds. The Labute approximate surface area is 120 Å². The smallest absolute Gasteiger partial charge is 0.00672 e. The molecule has 2 aliphatic rings. The van der Waals surface area contributed by atoms with Crippen molar-refractivity contribution in [2.24, 2.45) is 11.3 Å². The predicted octanol–water partition coefficient (Wildman–Crippen LogP) is 5.07. The van der Waals surface area contributed by atoms with Crippen molar-refractivity contribution in [1.29, 1.82) is 0 Å². The molecule has 0 heterocycles. The molecule has 2 aliphatic carbocycles. The third-order valence-corrected chi connectivity index (χ3v) is 5.21. The van der Waals surface area contributed by atoms with Gasteiger partial charge in [0.15, 0.2) is 0 Å². The summed E-state index contributed by atoms with van der Waals surface area (Å²) in [6.45, 7) is 8.45. The van der Waals surface area contributed by atoms with Crippen molar-refractivity contribution in [3.63, 3.8) is 0 Å². The minimum atomic E-state index is 0.504. The SMILES string of the molecule is CC(C)(C)C1CCCC(NCCC2=CCCC2)CC1. The zero-order valence-electron chi connectivity index (χ0n) is 13.3. The molecule has 2 rings (SSSR count). The molecule has 2 unspecified atom stereocenters. The Morgan fingerprint density at radius 2 is 1.95 bits per heavy atom. The third-order valence-electron chi connectivity index (χ3n) is 5.21. The summed E-state index contributed by atoms with van der Waals surface area (Å²) in [5.74, 6) is 0.928. The van der Waals surface area contributed by atoms with Crippen LogP contribution in [0.3, 0.4) is 0 Å². The Morgan fingerprint density at radius 3 is 2.63 bits per heavy atom. The summed E-state index contributed by atoms with van der Waals surface area (Å²) in [6.07, 6.45) is 14.9. The van der Waals surface area contributed by atoms with Crippen molar-refractivity contribution < 1.29 is 0 Å². The maximum atomic E-state index is 3.82. The van der Waals surface area contributed by atoms with Crippen LogP contribution in [0.15, 0.2) is 11.6 Å². The molecule has 19 heavy (non-hydrogen) atoms. The predicted molar refractivity (Wildman–Crippen MR) is 84.4 cm³/mol. The molecule has 0 saturated heterocycles. The molecule has 1 N–H and O–H groups in total. The van der Waals surface area contributed by atoms with E-state index < -0.39 is 0 Å². The lowest BCUT2D eigenvalue weighted by Crippen LogP contribution is -2.30. The van der Waals surface area contributed by atoms with Crippen molar-refractivity contribution in [1.82, 2.24) is 5.32 Å². The van der Waals surface area contributed by atoms with Crippen LogP contribution in [0.1, 0.15) is 78.6 Å². The number of hydrogen-bond acceptors (Lipinski definition) is 1. The maximum absolute atomic E-state index is 3.82. The summed E-state index contributed by atoms with van der Waals surface area (Å²) in [7, 11) is 0. The van der Waals surface area contributed by atoms with Crippen molar-refractivity contribution >= 4 is 0 Å². The molecule has 1 fully saturated rings. The van der Waals surface area contributed by atoms with Crippen LogP contribution in [-0.2, 0) is 0 Å². The van der Waals surface area contributed by atoms with E-state index in [2.05, 4.69) is 32.2 Å². The fraction of sp³-hybridized carbons (Fsp3) is 0.889. The van der Waals surface area contributed by atoms with Gasteiger partial charge < -0.3 is 5.32 Å². The first-order valence-corrected chi connectivity index (χ1v) is 8.47. The van der Waals surface area contributed by atoms with Crippen LogP contribution >= 0.6 is 0 Å². The summed E-state index contributed by atoms with van der Waals surface area (Å²) < 4.78 is 0. The summed E-state index contributed by atoms with van der Waals surface area (Å²) >= 11 is 0. The minimum Gasteiger partial charge on any atom is -0.314 e. The van der Waals surface area contributed by atoms with Crippen molar-refractivity contribution in [3.05, 3.63) is 11.6 Å². The monoisotopic (exact) mass is 263 g/mol. The average Bonchev–Trinajstić information content (AvgIpc) is 2.72. The normalized spacial score (nSPS) is 29.1. The third kappa shape index (κ3) is 4.95. The van der Waals surface area contributed by atoms with Gasteiger partial charge in [-0.2, -0.15) is 0 Å². The van der Waals surface area contributed by atoms with Gasteiger partial charge in [-0.25, -0.2) is 0 Å². The maximum Gasteiger partial charge on any atom is 0.00672 e. The van der Waals surface area contributed by atoms with Crippen LogP contribution in [0.4, 0.5) is 0 Å². The minimum absolute atomic E-state index is 0.504. The zero-order valence-corrected chi connectivity index (χ0v) is 13.3. The first-order valence-electron chi connectivity index (χ1n) is 8.47. The lowest BCUT2D eigenvalue weighted by atomic mass is 9.76. The summed E-state index contributed by atoms with van der Waals surface area (Å²) in [6, 6.07) is 0.786. The molecule has 0 spiro atoms. The molecule has 0 aromatic rings. The second-order valence-electron chi connectivity index (χ2n) is 7.73. The molecular weight excluding hydrogens is 230 g/mol. The largest absolute Gasteiger partial charge is 0.314 e. The Bertz CT molecular complexity index is 297. The van der Waals surface area contributed by atoms with Crippen LogP contribution < -0.4 is 5.32 Å². The summed E-state index contributed by atoms with van der Waals surface area (Å²) in [4.78, 5) is 0. The van der Waals surface area contributed by atoms with Gasteiger partial charge in [0, 0.05) is 6.04 Å². The van der Waals surface area contributed by atoms with E-state index in [1.54, 1.807) is 5.57 Å². The van der Waals surface area contributed by atoms with Crippen LogP contribution in [0.5, 0.6) is 0 Å². The number of allylic oxidation sites excluding steroid dienone is 1. The Hall–Kier alpha value is -0.300. The van der Waals surface area contributed by atoms with Gasteiger partial charge in [0.25, 0.3) is 0 Å². The molecule has 1 heteroatoms. The molecular formula is C18H33N. The summed E-state index contributed by atoms with van der Waals surface area (Å²) in [5.41, 5.74) is 2.21. The molecule has 0 bridgehead atoms. The molecule has 1 nitrogen and oxygen atoms in total. The van der Waals surface area contributed by atoms with Crippen LogP contribution in [0, 0.1) is 11.3 Å². The van der Waals surface area contributed by atoms with Crippen molar-refractivity contribution in [3.8, 4) is 0 Å². The molecule has 110 valence electrons. The molecule has 0 aromatic heterocycles. The fourth-order valence-electron chi connectivity index (χ4n) is 3.77. The molecule has 0 radical (unpaired) electrons. The summed E-state index contributed by atoms with van der Waals surface area (Å²) in [5, 5.41) is 3.82. The zero-order chi connectivity index (χ0) is 13.7. The first-order chi connectivity index (χ1) is 9.05. The van der Waals surface area contributed by atoms with Crippen LogP contribution in [-0.4, -0.2) is 12.6 Å². The van der Waals surface area contributed by atoms with Gasteiger partial charge in [-0.1, -0.05) is 38.8 Å². The lowest BCUT2D eigenvalue weighted by Gasteiger charge is -2.29. The van der Waals surface area contributed by atoms with Gasteiger partial charge in [-0.05, 0) is 69.2 Å². The van der Waals surface area contributed by atoms with E-state index >= 15 is 0 Å². The Kier molecular flexibility index (Phi) is 5.50. The van der Waals surface area contributed by atoms with Gasteiger partial charge in [-0.15, -0.1) is 0 Å². The number of nitrogens with one attached hydrogen (secondary N) is 1. The Morgan fingerprint density at radius 1 is 1.11 bits per heavy atom. The highest BCUT2D eigenvalue weighted by atomic mass is 14.9. The van der Waals surface area contributed by atoms with Gasteiger partial charge in [-0.3, -0.25) is 0 Å². The highest BCUT2D eigenvalue weighted by Gasteiger charge is 2.27. The second kappa shape index (κ2) is 6.92. The average molecular weight is 263 g/mol. The van der Waals surface area contributed by atoms with E-state index in [1.165, 1.54) is 64.3 Å². The topological polar surface area (TPSA) is 12.0 Å². The fourth-order valence-corrected chi connectivity index (χ4v) is 3.77. The van der Waals surface area contributed by atoms with Crippen molar-refractivity contribution in [2.75, 3.05) is 6.54 Å². The number of hydrogen-bond donors (Lipinski definition) is 1. The quantitative estimate of drug-likeness (QED) is 0.551. The lowest BCUT2D eigenvalue weighted by molar-refractivity contribution is 0.213. The standard InChI is InChI=1S/C18H33N/c1-18(2,3)16-9-6-10-17(12-11-16)19-14-13-15-7-4-5-8-15/h7,16-17,19H,4-6,8-14H2,1-3H3. The molecule has 1 saturated carbocycles.